The lowest BCUT2D eigenvalue weighted by Gasteiger charge is -2.72. The van der Waals surface area contributed by atoms with E-state index in [4.69, 9.17) is 14.2 Å². The minimum Gasteiger partial charge on any atom is -0.373 e. The van der Waals surface area contributed by atoms with E-state index in [0.717, 1.165) is 36.0 Å². The highest BCUT2D eigenvalue weighted by molar-refractivity contribution is 5.47. The smallest absolute Gasteiger partial charge is 0.143 e. The van der Waals surface area contributed by atoms with Crippen LogP contribution in [0.2, 0.25) is 0 Å². The van der Waals surface area contributed by atoms with E-state index in [1.807, 2.05) is 0 Å². The number of rotatable bonds is 12. The van der Waals surface area contributed by atoms with E-state index in [1.54, 1.807) is 5.57 Å². The Labute approximate surface area is 397 Å². The zero-order valence-electron chi connectivity index (χ0n) is 41.1. The van der Waals surface area contributed by atoms with Gasteiger partial charge >= 0.3 is 0 Å². The molecule has 5 aromatic carbocycles. The molecule has 0 amide bonds. The Morgan fingerprint density at radius 2 is 1.00 bits per heavy atom. The van der Waals surface area contributed by atoms with Crippen LogP contribution in [0, 0.1) is 50.2 Å². The van der Waals surface area contributed by atoms with Crippen LogP contribution in [0.5, 0.6) is 0 Å². The molecule has 0 radical (unpaired) electrons. The van der Waals surface area contributed by atoms with E-state index in [0.29, 0.717) is 37.6 Å². The van der Waals surface area contributed by atoms with Gasteiger partial charge < -0.3 is 14.2 Å². The molecule has 0 saturated heterocycles. The Balaban J connectivity index is 1.02. The summed E-state index contributed by atoms with van der Waals surface area (Å²) in [5, 5.41) is 0. The van der Waals surface area contributed by atoms with E-state index in [-0.39, 0.29) is 44.7 Å². The number of fused-ring (bicyclic) bond motifs is 7. The van der Waals surface area contributed by atoms with Crippen molar-refractivity contribution in [1.82, 2.24) is 0 Å². The van der Waals surface area contributed by atoms with Crippen LogP contribution in [-0.4, -0.2) is 18.8 Å². The Bertz CT molecular complexity index is 2350. The van der Waals surface area contributed by atoms with Crippen LogP contribution >= 0.6 is 0 Å². The largest absolute Gasteiger partial charge is 0.373 e. The number of benzene rings is 5. The fourth-order valence-electron chi connectivity index (χ4n) is 15.7. The lowest BCUT2D eigenvalue weighted by atomic mass is 9.33. The zero-order chi connectivity index (χ0) is 45.8. The number of hydrogen-bond acceptors (Lipinski definition) is 3. The van der Waals surface area contributed by atoms with Crippen LogP contribution in [0.3, 0.4) is 0 Å². The molecular weight excluding hydrogens is 805 g/mol. The molecule has 0 aliphatic heterocycles. The van der Waals surface area contributed by atoms with Crippen molar-refractivity contribution >= 4 is 0 Å². The molecule has 1 unspecified atom stereocenters. The van der Waals surface area contributed by atoms with Gasteiger partial charge in [0.05, 0.1) is 32.0 Å². The van der Waals surface area contributed by atoms with Crippen molar-refractivity contribution in [2.45, 2.75) is 137 Å². The third kappa shape index (κ3) is 7.50. The maximum absolute atomic E-state index is 7.92. The van der Waals surface area contributed by atoms with Gasteiger partial charge in [-0.1, -0.05) is 212 Å². The topological polar surface area (TPSA) is 27.7 Å². The van der Waals surface area contributed by atoms with E-state index in [2.05, 4.69) is 206 Å². The normalized spacial score (nSPS) is 34.8. The van der Waals surface area contributed by atoms with Gasteiger partial charge in [-0.2, -0.15) is 0 Å². The first kappa shape index (κ1) is 45.5. The number of allylic oxidation sites excluding steroid dienone is 2. The average Bonchev–Trinajstić information content (AvgIpc) is 3.33. The quantitative estimate of drug-likeness (QED) is 0.0923. The maximum Gasteiger partial charge on any atom is 0.143 e. The Morgan fingerprint density at radius 3 is 1.53 bits per heavy atom. The molecule has 4 fully saturated rings. The molecule has 0 heterocycles. The second-order valence-electron chi connectivity index (χ2n) is 23.6. The molecule has 10 rings (SSSR count). The highest BCUT2D eigenvalue weighted by Crippen LogP contribution is 2.76. The fraction of sp³-hybridized carbons (Fsp3) is 0.492. The highest BCUT2D eigenvalue weighted by atomic mass is 16.5. The highest BCUT2D eigenvalue weighted by Gasteiger charge is 2.69. The Hall–Kier alpha value is -4.28. The Kier molecular flexibility index (Phi) is 12.0. The molecule has 0 spiro atoms. The lowest BCUT2D eigenvalue weighted by Crippen LogP contribution is -2.66. The summed E-state index contributed by atoms with van der Waals surface area (Å²) in [6.45, 7) is 20.3. The van der Waals surface area contributed by atoms with Gasteiger partial charge in [-0.25, -0.2) is 0 Å². The summed E-state index contributed by atoms with van der Waals surface area (Å²) < 4.78 is 22.3. The summed E-state index contributed by atoms with van der Waals surface area (Å²) in [6, 6.07) is 54.6. The minimum absolute atomic E-state index is 0.0538. The molecule has 4 saturated carbocycles. The fourth-order valence-corrected chi connectivity index (χ4v) is 15.7. The summed E-state index contributed by atoms with van der Waals surface area (Å²) >= 11 is 0. The molecule has 66 heavy (non-hydrogen) atoms. The second kappa shape index (κ2) is 17.4. The van der Waals surface area contributed by atoms with Crippen LogP contribution in [0.1, 0.15) is 134 Å². The van der Waals surface area contributed by atoms with Crippen LogP contribution in [0.15, 0.2) is 163 Å². The molecule has 346 valence electrons. The molecule has 5 aromatic rings. The Morgan fingerprint density at radius 1 is 0.500 bits per heavy atom. The van der Waals surface area contributed by atoms with Crippen molar-refractivity contribution in [3.63, 3.8) is 0 Å². The van der Waals surface area contributed by atoms with Gasteiger partial charge in [0.15, 0.2) is 0 Å². The minimum atomic E-state index is -0.797. The van der Waals surface area contributed by atoms with Gasteiger partial charge in [-0.15, -0.1) is 0 Å². The summed E-state index contributed by atoms with van der Waals surface area (Å²) in [6.07, 6.45) is 13.8. The third-order valence-electron chi connectivity index (χ3n) is 19.6. The van der Waals surface area contributed by atoms with Gasteiger partial charge in [-0.3, -0.25) is 0 Å². The molecule has 10 atom stereocenters. The SMILES string of the molecule is CC1(C)C[C@@H](OCc2ccccc2)[C@]2(C)CC[C@]3(C)C(=CC[C@@H]4[C@@]5(C)CC[C@H](OCc6ccccc6)[C@](C)(COC(c6ccccc6)(c6ccccc6)c6ccccc6)C5CC[C@]43C)[C@@H]2C1. The molecule has 5 aliphatic carbocycles. The van der Waals surface area contributed by atoms with Crippen molar-refractivity contribution < 1.29 is 14.2 Å². The number of ether oxygens (including phenoxy) is 3. The van der Waals surface area contributed by atoms with Crippen molar-refractivity contribution in [2.24, 2.45) is 50.2 Å². The first-order valence-corrected chi connectivity index (χ1v) is 25.6. The molecule has 0 bridgehead atoms. The van der Waals surface area contributed by atoms with Gasteiger partial charge in [0.2, 0.25) is 0 Å². The lowest BCUT2D eigenvalue weighted by molar-refractivity contribution is -0.238. The zero-order valence-corrected chi connectivity index (χ0v) is 41.1. The van der Waals surface area contributed by atoms with Gasteiger partial charge in [-0.05, 0) is 125 Å². The summed E-state index contributed by atoms with van der Waals surface area (Å²) in [5.74, 6) is 1.53. The van der Waals surface area contributed by atoms with Crippen molar-refractivity contribution in [3.05, 3.63) is 191 Å². The first-order valence-electron chi connectivity index (χ1n) is 25.6. The van der Waals surface area contributed by atoms with Gasteiger partial charge in [0.25, 0.3) is 0 Å². The third-order valence-corrected chi connectivity index (χ3v) is 19.6. The van der Waals surface area contributed by atoms with E-state index in [9.17, 15) is 0 Å². The summed E-state index contributed by atoms with van der Waals surface area (Å²) in [5.41, 5.74) is 7.51. The van der Waals surface area contributed by atoms with Crippen LogP contribution in [0.25, 0.3) is 0 Å². The van der Waals surface area contributed by atoms with E-state index >= 15 is 0 Å². The summed E-state index contributed by atoms with van der Waals surface area (Å²) in [7, 11) is 0. The van der Waals surface area contributed by atoms with Crippen LogP contribution in [0.4, 0.5) is 0 Å². The molecule has 0 aromatic heterocycles. The van der Waals surface area contributed by atoms with Crippen LogP contribution in [-0.2, 0) is 33.0 Å². The molecule has 3 heteroatoms. The monoisotopic (exact) mass is 881 g/mol. The van der Waals surface area contributed by atoms with Gasteiger partial charge in [0, 0.05) is 10.8 Å². The second-order valence-corrected chi connectivity index (χ2v) is 23.6. The molecule has 3 nitrogen and oxygen atoms in total. The molecular formula is C63H76O3. The van der Waals surface area contributed by atoms with Crippen LogP contribution < -0.4 is 0 Å². The predicted octanol–water partition coefficient (Wildman–Crippen LogP) is 15.6. The van der Waals surface area contributed by atoms with Crippen molar-refractivity contribution in [1.29, 1.82) is 0 Å². The van der Waals surface area contributed by atoms with E-state index in [1.165, 1.54) is 49.7 Å². The first-order chi connectivity index (χ1) is 31.8. The predicted molar refractivity (Wildman–Crippen MR) is 270 cm³/mol. The molecule has 0 N–H and O–H groups in total. The maximum atomic E-state index is 7.92. The van der Waals surface area contributed by atoms with Gasteiger partial charge in [0.1, 0.15) is 5.60 Å². The standard InChI is InChI=1S/C63H76O3/c1-57(2)41-52-51-33-34-54-59(4)37-36-55(64-43-46-23-13-8-14-24-46)60(5,45-66-63(48-27-17-10-18-28-48,49-29-19-11-20-30-49)50-31-21-12-22-32-50)53(59)35-38-62(54,7)61(51,6)40-39-58(52,3)56(42-57)65-44-47-25-15-9-16-26-47/h8-33,52-56H,34-45H2,1-7H3/t52-,53?,54+,55-,56+,58+,59-,60+,61+,62+/m0/s1. The number of hydrogen-bond donors (Lipinski definition) is 0. The van der Waals surface area contributed by atoms with Crippen molar-refractivity contribution in [3.8, 4) is 0 Å². The van der Waals surface area contributed by atoms with E-state index < -0.39 is 5.60 Å². The summed E-state index contributed by atoms with van der Waals surface area (Å²) in [4.78, 5) is 0. The van der Waals surface area contributed by atoms with Crippen molar-refractivity contribution in [2.75, 3.05) is 6.61 Å². The average molecular weight is 881 g/mol. The molecule has 5 aliphatic rings.